The van der Waals surface area contributed by atoms with Gasteiger partial charge in [-0.15, -0.1) is 0 Å². The molecule has 1 rings (SSSR count). The van der Waals surface area contributed by atoms with Crippen molar-refractivity contribution in [3.05, 3.63) is 35.9 Å². The summed E-state index contributed by atoms with van der Waals surface area (Å²) < 4.78 is 13.0. The minimum Gasteiger partial charge on any atom is -0.437 e. The predicted molar refractivity (Wildman–Crippen MR) is 95.4 cm³/mol. The molecule has 0 heterocycles. The van der Waals surface area contributed by atoms with Crippen molar-refractivity contribution in [3.63, 3.8) is 0 Å². The van der Waals surface area contributed by atoms with Crippen molar-refractivity contribution >= 4 is 25.2 Å². The highest BCUT2D eigenvalue weighted by atomic mass is 28.5. The molecule has 0 aromatic heterocycles. The standard InChI is InChI=1S/C15H30O2Si3/c1-18(2,3)16-20(7,17-19(4,5)6)14-13-15-11-9-8-10-12-15/h8-12H,13-14H2,1-7H3. The van der Waals surface area contributed by atoms with E-state index >= 15 is 0 Å². The van der Waals surface area contributed by atoms with E-state index < -0.39 is 25.2 Å². The molecular formula is C15H30O2Si3. The second kappa shape index (κ2) is 6.70. The lowest BCUT2D eigenvalue weighted by molar-refractivity contribution is 0.383. The third kappa shape index (κ3) is 7.54. The van der Waals surface area contributed by atoms with Crippen LogP contribution in [0.15, 0.2) is 30.3 Å². The molecule has 0 saturated heterocycles. The van der Waals surface area contributed by atoms with E-state index in [1.165, 1.54) is 5.56 Å². The first-order chi connectivity index (χ1) is 8.99. The number of hydrogen-bond acceptors (Lipinski definition) is 2. The Balaban J connectivity index is 2.77. The molecule has 0 atom stereocenters. The molecule has 0 aliphatic carbocycles. The average molecular weight is 327 g/mol. The van der Waals surface area contributed by atoms with Crippen molar-refractivity contribution in [1.82, 2.24) is 0 Å². The van der Waals surface area contributed by atoms with E-state index in [0.717, 1.165) is 12.5 Å². The molecule has 20 heavy (non-hydrogen) atoms. The van der Waals surface area contributed by atoms with E-state index in [1.54, 1.807) is 0 Å². The zero-order valence-corrected chi connectivity index (χ0v) is 17.1. The molecule has 0 radical (unpaired) electrons. The second-order valence-electron chi connectivity index (χ2n) is 7.55. The third-order valence-corrected chi connectivity index (χ3v) is 12.3. The topological polar surface area (TPSA) is 18.5 Å². The largest absolute Gasteiger partial charge is 0.437 e. The van der Waals surface area contributed by atoms with Crippen molar-refractivity contribution in [2.75, 3.05) is 0 Å². The summed E-state index contributed by atoms with van der Waals surface area (Å²) >= 11 is 0. The van der Waals surface area contributed by atoms with Gasteiger partial charge in [0.15, 0.2) is 16.6 Å². The molecule has 114 valence electrons. The molecule has 2 nitrogen and oxygen atoms in total. The fraction of sp³-hybridized carbons (Fsp3) is 0.600. The first kappa shape index (κ1) is 17.8. The maximum Gasteiger partial charge on any atom is 0.314 e. The molecule has 0 aliphatic rings. The minimum atomic E-state index is -2.08. The van der Waals surface area contributed by atoms with Crippen LogP contribution in [0.4, 0.5) is 0 Å². The molecule has 0 amide bonds. The van der Waals surface area contributed by atoms with Gasteiger partial charge < -0.3 is 8.23 Å². The molecule has 1 aromatic carbocycles. The summed E-state index contributed by atoms with van der Waals surface area (Å²) in [7, 11) is -5.22. The summed E-state index contributed by atoms with van der Waals surface area (Å²) in [4.78, 5) is 0. The Morgan fingerprint density at radius 3 is 1.60 bits per heavy atom. The zero-order chi connectivity index (χ0) is 15.4. The minimum absolute atomic E-state index is 1.05. The lowest BCUT2D eigenvalue weighted by Gasteiger charge is -2.38. The van der Waals surface area contributed by atoms with Crippen LogP contribution in [0.25, 0.3) is 0 Å². The van der Waals surface area contributed by atoms with Gasteiger partial charge in [0.2, 0.25) is 0 Å². The summed E-state index contributed by atoms with van der Waals surface area (Å²) in [5.74, 6) is 0. The van der Waals surface area contributed by atoms with E-state index in [2.05, 4.69) is 76.2 Å². The molecule has 0 unspecified atom stereocenters. The Hall–Kier alpha value is -0.209. The van der Waals surface area contributed by atoms with E-state index in [4.69, 9.17) is 8.23 Å². The second-order valence-corrected chi connectivity index (χ2v) is 20.4. The zero-order valence-electron chi connectivity index (χ0n) is 14.1. The molecule has 0 fully saturated rings. The van der Waals surface area contributed by atoms with Crippen molar-refractivity contribution in [1.29, 1.82) is 0 Å². The van der Waals surface area contributed by atoms with Gasteiger partial charge in [0.1, 0.15) is 0 Å². The van der Waals surface area contributed by atoms with E-state index in [9.17, 15) is 0 Å². The molecule has 0 aliphatic heterocycles. The molecule has 0 N–H and O–H groups in total. The van der Waals surface area contributed by atoms with Gasteiger partial charge >= 0.3 is 8.56 Å². The van der Waals surface area contributed by atoms with Crippen molar-refractivity contribution in [2.24, 2.45) is 0 Å². The number of hydrogen-bond donors (Lipinski definition) is 0. The van der Waals surface area contributed by atoms with Gasteiger partial charge in [0, 0.05) is 0 Å². The van der Waals surface area contributed by atoms with Crippen molar-refractivity contribution < 1.29 is 8.23 Å². The van der Waals surface area contributed by atoms with Gasteiger partial charge in [-0.25, -0.2) is 0 Å². The Morgan fingerprint density at radius 1 is 0.750 bits per heavy atom. The van der Waals surface area contributed by atoms with Gasteiger partial charge in [0.05, 0.1) is 0 Å². The highest BCUT2D eigenvalue weighted by molar-refractivity contribution is 6.87. The van der Waals surface area contributed by atoms with E-state index in [0.29, 0.717) is 0 Å². The summed E-state index contributed by atoms with van der Waals surface area (Å²) in [5, 5.41) is 0. The van der Waals surface area contributed by atoms with Gasteiger partial charge in [-0.2, -0.15) is 0 Å². The van der Waals surface area contributed by atoms with Crippen LogP contribution in [0.5, 0.6) is 0 Å². The Morgan fingerprint density at radius 2 is 1.20 bits per heavy atom. The normalized spacial score (nSPS) is 13.6. The first-order valence-electron chi connectivity index (χ1n) is 7.43. The summed E-state index contributed by atoms with van der Waals surface area (Å²) in [6.45, 7) is 15.8. The van der Waals surface area contributed by atoms with Crippen LogP contribution < -0.4 is 0 Å². The Labute approximate surface area is 128 Å². The molecule has 1 aromatic rings. The van der Waals surface area contributed by atoms with Gasteiger partial charge in [-0.1, -0.05) is 30.3 Å². The molecule has 0 bridgehead atoms. The number of benzene rings is 1. The summed E-state index contributed by atoms with van der Waals surface area (Å²) in [5.41, 5.74) is 1.38. The maximum atomic E-state index is 6.51. The Bertz CT molecular complexity index is 391. The van der Waals surface area contributed by atoms with Gasteiger partial charge in [-0.05, 0) is 63.9 Å². The van der Waals surface area contributed by atoms with Gasteiger partial charge in [-0.3, -0.25) is 0 Å². The lowest BCUT2D eigenvalue weighted by atomic mass is 10.2. The number of aryl methyl sites for hydroxylation is 1. The van der Waals surface area contributed by atoms with Crippen LogP contribution in [0, 0.1) is 0 Å². The van der Waals surface area contributed by atoms with E-state index in [1.807, 2.05) is 0 Å². The molecule has 0 spiro atoms. The fourth-order valence-electron chi connectivity index (χ4n) is 2.43. The highest BCUT2D eigenvalue weighted by Gasteiger charge is 2.39. The third-order valence-electron chi connectivity index (χ3n) is 2.75. The molecule has 0 saturated carbocycles. The van der Waals surface area contributed by atoms with Crippen LogP contribution in [-0.4, -0.2) is 25.2 Å². The molecule has 5 heteroatoms. The van der Waals surface area contributed by atoms with Gasteiger partial charge in [0.25, 0.3) is 0 Å². The first-order valence-corrected chi connectivity index (χ1v) is 16.8. The lowest BCUT2D eigenvalue weighted by Crippen LogP contribution is -2.52. The quantitative estimate of drug-likeness (QED) is 0.656. The van der Waals surface area contributed by atoms with Crippen LogP contribution in [0.3, 0.4) is 0 Å². The average Bonchev–Trinajstić information content (AvgIpc) is 2.23. The van der Waals surface area contributed by atoms with Crippen molar-refractivity contribution in [2.45, 2.75) is 58.3 Å². The van der Waals surface area contributed by atoms with Crippen LogP contribution >= 0.6 is 0 Å². The smallest absolute Gasteiger partial charge is 0.314 e. The number of rotatable bonds is 7. The van der Waals surface area contributed by atoms with Crippen LogP contribution in [0.1, 0.15) is 5.56 Å². The fourth-order valence-corrected chi connectivity index (χ4v) is 14.9. The predicted octanol–water partition coefficient (Wildman–Crippen LogP) is 5.00. The summed E-state index contributed by atoms with van der Waals surface area (Å²) in [6, 6.07) is 11.7. The van der Waals surface area contributed by atoms with Crippen LogP contribution in [0.2, 0.25) is 51.9 Å². The Kier molecular flexibility index (Phi) is 5.98. The van der Waals surface area contributed by atoms with Crippen LogP contribution in [-0.2, 0) is 14.7 Å². The highest BCUT2D eigenvalue weighted by Crippen LogP contribution is 2.25. The maximum absolute atomic E-state index is 6.51. The molecular weight excluding hydrogens is 296 g/mol. The van der Waals surface area contributed by atoms with Crippen molar-refractivity contribution in [3.8, 4) is 0 Å². The SMILES string of the molecule is C[Si](C)(C)O[Si](C)(CCc1ccccc1)O[Si](C)(C)C. The van der Waals surface area contributed by atoms with E-state index in [-0.39, 0.29) is 0 Å². The summed E-state index contributed by atoms with van der Waals surface area (Å²) in [6.07, 6.45) is 1.05. The monoisotopic (exact) mass is 326 g/mol.